The third-order valence-electron chi connectivity index (χ3n) is 3.36. The lowest BCUT2D eigenvalue weighted by atomic mass is 9.99. The van der Waals surface area contributed by atoms with Gasteiger partial charge in [-0.3, -0.25) is 0 Å². The van der Waals surface area contributed by atoms with Crippen molar-refractivity contribution in [3.63, 3.8) is 0 Å². The van der Waals surface area contributed by atoms with Crippen LogP contribution in [-0.2, 0) is 0 Å². The molecule has 17 heavy (non-hydrogen) atoms. The fraction of sp³-hybridized carbons (Fsp3) is 1.00. The highest BCUT2D eigenvalue weighted by molar-refractivity contribution is 4.78. The van der Waals surface area contributed by atoms with Gasteiger partial charge in [0.1, 0.15) is 0 Å². The van der Waals surface area contributed by atoms with Crippen molar-refractivity contribution in [1.29, 1.82) is 0 Å². The Kier molecular flexibility index (Phi) is 7.34. The van der Waals surface area contributed by atoms with Crippen LogP contribution >= 0.6 is 0 Å². The molecule has 0 saturated heterocycles. The number of nitrogens with zero attached hydrogens (tertiary/aromatic N) is 1. The smallest absolute Gasteiger partial charge is 0.0105 e. The Bertz CT molecular complexity index is 194. The van der Waals surface area contributed by atoms with Gasteiger partial charge in [-0.15, -0.1) is 0 Å². The van der Waals surface area contributed by atoms with Crippen molar-refractivity contribution in [2.24, 2.45) is 11.8 Å². The molecular formula is C15H34N2. The number of hydrogen-bond donors (Lipinski definition) is 1. The van der Waals surface area contributed by atoms with Gasteiger partial charge < -0.3 is 10.2 Å². The van der Waals surface area contributed by atoms with Crippen LogP contribution in [0.1, 0.15) is 55.4 Å². The minimum absolute atomic E-state index is 0.225. The molecule has 0 aliphatic carbocycles. The molecule has 0 aliphatic heterocycles. The van der Waals surface area contributed by atoms with Crippen LogP contribution in [0.3, 0.4) is 0 Å². The van der Waals surface area contributed by atoms with Gasteiger partial charge in [-0.1, -0.05) is 27.7 Å². The summed E-state index contributed by atoms with van der Waals surface area (Å²) in [5.74, 6) is 1.44. The summed E-state index contributed by atoms with van der Waals surface area (Å²) in [6.07, 6.45) is 0. The van der Waals surface area contributed by atoms with Gasteiger partial charge in [-0.2, -0.15) is 0 Å². The Hall–Kier alpha value is -0.0800. The molecule has 0 spiro atoms. The lowest BCUT2D eigenvalue weighted by Gasteiger charge is -2.35. The maximum Gasteiger partial charge on any atom is 0.0105 e. The highest BCUT2D eigenvalue weighted by Crippen LogP contribution is 2.13. The van der Waals surface area contributed by atoms with E-state index in [9.17, 15) is 0 Å². The second-order valence-corrected chi connectivity index (χ2v) is 6.83. The van der Waals surface area contributed by atoms with E-state index in [2.05, 4.69) is 65.6 Å². The molecule has 0 saturated carbocycles. The van der Waals surface area contributed by atoms with E-state index >= 15 is 0 Å². The predicted octanol–water partition coefficient (Wildman–Crippen LogP) is 3.38. The van der Waals surface area contributed by atoms with Crippen LogP contribution in [-0.4, -0.2) is 36.1 Å². The van der Waals surface area contributed by atoms with Crippen LogP contribution in [0, 0.1) is 11.8 Å². The summed E-state index contributed by atoms with van der Waals surface area (Å²) >= 11 is 0. The molecule has 2 unspecified atom stereocenters. The second kappa shape index (κ2) is 7.38. The molecule has 0 aromatic rings. The standard InChI is InChI=1S/C15H34N2/c1-9-17(11-12(2)3)14(5)13(4)10-16-15(6,7)8/h12-14,16H,9-11H2,1-8H3. The van der Waals surface area contributed by atoms with Crippen LogP contribution in [0.25, 0.3) is 0 Å². The van der Waals surface area contributed by atoms with Gasteiger partial charge in [-0.25, -0.2) is 0 Å². The third-order valence-corrected chi connectivity index (χ3v) is 3.36. The SMILES string of the molecule is CCN(CC(C)C)C(C)C(C)CNC(C)(C)C. The van der Waals surface area contributed by atoms with E-state index in [1.165, 1.54) is 6.54 Å². The molecular weight excluding hydrogens is 208 g/mol. The lowest BCUT2D eigenvalue weighted by Crippen LogP contribution is -2.46. The molecule has 104 valence electrons. The topological polar surface area (TPSA) is 15.3 Å². The van der Waals surface area contributed by atoms with E-state index in [0.717, 1.165) is 19.0 Å². The van der Waals surface area contributed by atoms with Gasteiger partial charge in [0.2, 0.25) is 0 Å². The van der Waals surface area contributed by atoms with Crippen molar-refractivity contribution in [3.05, 3.63) is 0 Å². The summed E-state index contributed by atoms with van der Waals surface area (Å²) < 4.78 is 0. The molecule has 0 bridgehead atoms. The van der Waals surface area contributed by atoms with E-state index in [1.807, 2.05) is 0 Å². The predicted molar refractivity (Wildman–Crippen MR) is 78.5 cm³/mol. The van der Waals surface area contributed by atoms with E-state index in [0.29, 0.717) is 12.0 Å². The minimum Gasteiger partial charge on any atom is -0.312 e. The van der Waals surface area contributed by atoms with Crippen molar-refractivity contribution < 1.29 is 0 Å². The molecule has 0 aliphatic rings. The molecule has 0 amide bonds. The van der Waals surface area contributed by atoms with Crippen LogP contribution in [0.15, 0.2) is 0 Å². The molecule has 0 heterocycles. The highest BCUT2D eigenvalue weighted by atomic mass is 15.2. The molecule has 0 aromatic carbocycles. The third kappa shape index (κ3) is 7.77. The minimum atomic E-state index is 0.225. The summed E-state index contributed by atoms with van der Waals surface area (Å²) in [5, 5.41) is 3.61. The maximum absolute atomic E-state index is 3.61. The number of nitrogens with one attached hydrogen (secondary N) is 1. The molecule has 0 rings (SSSR count). The Balaban J connectivity index is 4.21. The van der Waals surface area contributed by atoms with Crippen molar-refractivity contribution in [3.8, 4) is 0 Å². The van der Waals surface area contributed by atoms with Gasteiger partial charge in [-0.05, 0) is 52.6 Å². The summed E-state index contributed by atoms with van der Waals surface area (Å²) in [6.45, 7) is 21.7. The quantitative estimate of drug-likeness (QED) is 0.736. The zero-order chi connectivity index (χ0) is 13.6. The molecule has 0 radical (unpaired) electrons. The van der Waals surface area contributed by atoms with Gasteiger partial charge >= 0.3 is 0 Å². The largest absolute Gasteiger partial charge is 0.312 e. The number of hydrogen-bond acceptors (Lipinski definition) is 2. The lowest BCUT2D eigenvalue weighted by molar-refractivity contribution is 0.146. The van der Waals surface area contributed by atoms with Crippen LogP contribution in [0.5, 0.6) is 0 Å². The normalized spacial score (nSPS) is 16.6. The average molecular weight is 242 g/mol. The van der Waals surface area contributed by atoms with Gasteiger partial charge in [0.25, 0.3) is 0 Å². The first-order valence-corrected chi connectivity index (χ1v) is 7.16. The van der Waals surface area contributed by atoms with Gasteiger partial charge in [0.15, 0.2) is 0 Å². The van der Waals surface area contributed by atoms with E-state index in [1.54, 1.807) is 0 Å². The van der Waals surface area contributed by atoms with E-state index < -0.39 is 0 Å². The summed E-state index contributed by atoms with van der Waals surface area (Å²) in [7, 11) is 0. The maximum atomic E-state index is 3.61. The van der Waals surface area contributed by atoms with Crippen molar-refractivity contribution >= 4 is 0 Å². The fourth-order valence-corrected chi connectivity index (χ4v) is 2.05. The van der Waals surface area contributed by atoms with Crippen LogP contribution in [0.4, 0.5) is 0 Å². The highest BCUT2D eigenvalue weighted by Gasteiger charge is 2.21. The Morgan fingerprint density at radius 1 is 1.06 bits per heavy atom. The monoisotopic (exact) mass is 242 g/mol. The van der Waals surface area contributed by atoms with Crippen molar-refractivity contribution in [1.82, 2.24) is 10.2 Å². The Morgan fingerprint density at radius 3 is 1.94 bits per heavy atom. The first-order valence-electron chi connectivity index (χ1n) is 7.16. The van der Waals surface area contributed by atoms with E-state index in [-0.39, 0.29) is 5.54 Å². The zero-order valence-corrected chi connectivity index (χ0v) is 13.3. The first kappa shape index (κ1) is 16.9. The average Bonchev–Trinajstić information content (AvgIpc) is 2.20. The van der Waals surface area contributed by atoms with Gasteiger partial charge in [0, 0.05) is 18.1 Å². The second-order valence-electron chi connectivity index (χ2n) is 6.83. The summed E-state index contributed by atoms with van der Waals surface area (Å²) in [6, 6.07) is 0.650. The van der Waals surface area contributed by atoms with E-state index in [4.69, 9.17) is 0 Å². The Labute approximate surface area is 109 Å². The molecule has 0 aromatic heterocycles. The first-order chi connectivity index (χ1) is 7.67. The van der Waals surface area contributed by atoms with Crippen LogP contribution in [0.2, 0.25) is 0 Å². The molecule has 0 fully saturated rings. The van der Waals surface area contributed by atoms with Crippen LogP contribution < -0.4 is 5.32 Å². The summed E-state index contributed by atoms with van der Waals surface area (Å²) in [5.41, 5.74) is 0.225. The van der Waals surface area contributed by atoms with Gasteiger partial charge in [0.05, 0.1) is 0 Å². The fourth-order valence-electron chi connectivity index (χ4n) is 2.05. The molecule has 2 nitrogen and oxygen atoms in total. The van der Waals surface area contributed by atoms with Crippen molar-refractivity contribution in [2.45, 2.75) is 67.0 Å². The molecule has 1 N–H and O–H groups in total. The van der Waals surface area contributed by atoms with Crippen molar-refractivity contribution in [2.75, 3.05) is 19.6 Å². The number of rotatable bonds is 7. The molecule has 2 atom stereocenters. The zero-order valence-electron chi connectivity index (χ0n) is 13.3. The Morgan fingerprint density at radius 2 is 1.59 bits per heavy atom. The molecule has 2 heteroatoms. The summed E-state index contributed by atoms with van der Waals surface area (Å²) in [4.78, 5) is 2.60.